The van der Waals surface area contributed by atoms with E-state index in [0.29, 0.717) is 11.8 Å². The van der Waals surface area contributed by atoms with E-state index in [2.05, 4.69) is 70.5 Å². The topological polar surface area (TPSA) is 12.9 Å². The van der Waals surface area contributed by atoms with Crippen LogP contribution in [-0.4, -0.2) is 4.98 Å². The first kappa shape index (κ1) is 21.4. The molecule has 0 spiro atoms. The van der Waals surface area contributed by atoms with Crippen molar-refractivity contribution in [3.63, 3.8) is 0 Å². The zero-order chi connectivity index (χ0) is 20.0. The van der Waals surface area contributed by atoms with Gasteiger partial charge in [-0.15, -0.1) is 17.9 Å². The molecule has 0 aromatic carbocycles. The van der Waals surface area contributed by atoms with Crippen molar-refractivity contribution in [1.82, 2.24) is 4.98 Å². The molecular weight excluding hydrogens is 346 g/mol. The fourth-order valence-electron chi connectivity index (χ4n) is 3.73. The standard InChI is InChI=1S/C22H27NS.C3H6/c1-6-9-18-16(5)19(14(2)3)12-20(18)21-13-24-22(23-21)17-11-8-7-10-15(17)4;1-3-2/h7-8,11-13,15,18H,2,6,9-10H2,1,3-5H3;3H,1H2,2H3. The van der Waals surface area contributed by atoms with Crippen LogP contribution in [0.25, 0.3) is 11.1 Å². The van der Waals surface area contributed by atoms with Crippen molar-refractivity contribution in [2.24, 2.45) is 11.8 Å². The molecule has 3 rings (SSSR count). The maximum atomic E-state index is 5.02. The molecule has 1 nitrogen and oxygen atoms in total. The Hall–Kier alpha value is -1.93. The Morgan fingerprint density at radius 2 is 2.07 bits per heavy atom. The lowest BCUT2D eigenvalue weighted by atomic mass is 9.89. The summed E-state index contributed by atoms with van der Waals surface area (Å²) in [4.78, 5) is 5.02. The second-order valence-electron chi connectivity index (χ2n) is 7.45. The highest BCUT2D eigenvalue weighted by Gasteiger charge is 2.27. The number of allylic oxidation sites excluding steroid dienone is 10. The Morgan fingerprint density at radius 1 is 1.37 bits per heavy atom. The first-order chi connectivity index (χ1) is 12.9. The Bertz CT molecular complexity index is 813. The second kappa shape index (κ2) is 9.85. The fourth-order valence-corrected chi connectivity index (χ4v) is 4.70. The molecule has 0 fully saturated rings. The number of hydrogen-bond donors (Lipinski definition) is 0. The van der Waals surface area contributed by atoms with Crippen LogP contribution in [0.2, 0.25) is 0 Å². The predicted molar refractivity (Wildman–Crippen MR) is 123 cm³/mol. The molecule has 0 saturated carbocycles. The van der Waals surface area contributed by atoms with Crippen molar-refractivity contribution in [1.29, 1.82) is 0 Å². The SMILES string of the molecule is C=C(C)C1=C(C)C(CCC)C(c2csc(C3=CC=CCC3C)n2)=C1.C=CC. The second-order valence-corrected chi connectivity index (χ2v) is 8.31. The first-order valence-electron chi connectivity index (χ1n) is 9.92. The highest BCUT2D eigenvalue weighted by molar-refractivity contribution is 7.10. The third-order valence-corrected chi connectivity index (χ3v) is 6.03. The van der Waals surface area contributed by atoms with Crippen LogP contribution in [0.1, 0.15) is 64.6 Å². The summed E-state index contributed by atoms with van der Waals surface area (Å²) in [5, 5.41) is 3.42. The number of nitrogens with zero attached hydrogens (tertiary/aromatic N) is 1. The average Bonchev–Trinajstić information content (AvgIpc) is 3.22. The molecule has 2 unspecified atom stereocenters. The molecule has 1 aromatic heterocycles. The van der Waals surface area contributed by atoms with Gasteiger partial charge in [0.2, 0.25) is 0 Å². The summed E-state index contributed by atoms with van der Waals surface area (Å²) in [6, 6.07) is 0. The highest BCUT2D eigenvalue weighted by atomic mass is 32.1. The minimum atomic E-state index is 0.495. The van der Waals surface area contributed by atoms with E-state index in [1.807, 2.05) is 6.92 Å². The molecule has 2 heteroatoms. The van der Waals surface area contributed by atoms with E-state index in [-0.39, 0.29) is 0 Å². The Morgan fingerprint density at radius 3 is 2.67 bits per heavy atom. The Kier molecular flexibility index (Phi) is 7.79. The van der Waals surface area contributed by atoms with Gasteiger partial charge in [-0.1, -0.05) is 62.3 Å². The lowest BCUT2D eigenvalue weighted by Crippen LogP contribution is -2.03. The van der Waals surface area contributed by atoms with Crippen LogP contribution in [-0.2, 0) is 0 Å². The molecular formula is C25H33NS. The normalized spacial score (nSPS) is 21.4. The van der Waals surface area contributed by atoms with Gasteiger partial charge in [0, 0.05) is 11.3 Å². The molecule has 0 saturated heterocycles. The molecule has 0 amide bonds. The molecule has 1 aromatic rings. The molecule has 2 aliphatic rings. The Balaban J connectivity index is 0.000000817. The Labute approximate surface area is 169 Å². The van der Waals surface area contributed by atoms with E-state index in [1.165, 1.54) is 40.1 Å². The van der Waals surface area contributed by atoms with Gasteiger partial charge in [-0.05, 0) is 62.3 Å². The fraction of sp³-hybridized carbons (Fsp3) is 0.400. The number of hydrogen-bond acceptors (Lipinski definition) is 2. The van der Waals surface area contributed by atoms with Crippen molar-refractivity contribution >= 4 is 22.5 Å². The van der Waals surface area contributed by atoms with Gasteiger partial charge in [0.1, 0.15) is 5.01 Å². The van der Waals surface area contributed by atoms with Crippen LogP contribution in [0.5, 0.6) is 0 Å². The van der Waals surface area contributed by atoms with Gasteiger partial charge in [0.25, 0.3) is 0 Å². The van der Waals surface area contributed by atoms with Crippen molar-refractivity contribution in [2.75, 3.05) is 0 Å². The maximum absolute atomic E-state index is 5.02. The van der Waals surface area contributed by atoms with E-state index in [0.717, 1.165) is 17.7 Å². The van der Waals surface area contributed by atoms with Crippen LogP contribution in [0.3, 0.4) is 0 Å². The third kappa shape index (κ3) is 4.87. The van der Waals surface area contributed by atoms with Crippen molar-refractivity contribution in [3.05, 3.63) is 76.3 Å². The molecule has 0 aliphatic heterocycles. The average molecular weight is 380 g/mol. The van der Waals surface area contributed by atoms with Gasteiger partial charge in [-0.2, -0.15) is 0 Å². The maximum Gasteiger partial charge on any atom is 0.120 e. The van der Waals surface area contributed by atoms with Crippen LogP contribution in [0, 0.1) is 11.8 Å². The smallest absolute Gasteiger partial charge is 0.120 e. The van der Waals surface area contributed by atoms with Crippen molar-refractivity contribution in [3.8, 4) is 0 Å². The van der Waals surface area contributed by atoms with Crippen LogP contribution < -0.4 is 0 Å². The molecule has 0 N–H and O–H groups in total. The lowest BCUT2D eigenvalue weighted by molar-refractivity contribution is 0.676. The molecule has 27 heavy (non-hydrogen) atoms. The molecule has 1 heterocycles. The summed E-state index contributed by atoms with van der Waals surface area (Å²) in [5.74, 6) is 1.05. The quantitative estimate of drug-likeness (QED) is 0.472. The van der Waals surface area contributed by atoms with Crippen molar-refractivity contribution < 1.29 is 0 Å². The van der Waals surface area contributed by atoms with Gasteiger partial charge in [0.05, 0.1) is 5.69 Å². The summed E-state index contributed by atoms with van der Waals surface area (Å²) in [7, 11) is 0. The van der Waals surface area contributed by atoms with Gasteiger partial charge in [-0.3, -0.25) is 0 Å². The summed E-state index contributed by atoms with van der Waals surface area (Å²) < 4.78 is 0. The van der Waals surface area contributed by atoms with E-state index in [1.54, 1.807) is 17.4 Å². The van der Waals surface area contributed by atoms with Gasteiger partial charge in [-0.25, -0.2) is 4.98 Å². The summed E-state index contributed by atoms with van der Waals surface area (Å²) in [5.41, 5.74) is 7.87. The molecule has 0 radical (unpaired) electrons. The van der Waals surface area contributed by atoms with Gasteiger partial charge >= 0.3 is 0 Å². The third-order valence-electron chi connectivity index (χ3n) is 5.14. The highest BCUT2D eigenvalue weighted by Crippen LogP contribution is 2.43. The zero-order valence-corrected chi connectivity index (χ0v) is 18.3. The zero-order valence-electron chi connectivity index (χ0n) is 17.5. The predicted octanol–water partition coefficient (Wildman–Crippen LogP) is 8.02. The van der Waals surface area contributed by atoms with E-state index >= 15 is 0 Å². The number of rotatable bonds is 5. The summed E-state index contributed by atoms with van der Waals surface area (Å²) in [6.45, 7) is 18.3. The molecule has 2 atom stereocenters. The summed E-state index contributed by atoms with van der Waals surface area (Å²) >= 11 is 1.78. The first-order valence-corrected chi connectivity index (χ1v) is 10.8. The number of thiazole rings is 1. The molecule has 2 aliphatic carbocycles. The van der Waals surface area contributed by atoms with E-state index in [4.69, 9.17) is 4.98 Å². The van der Waals surface area contributed by atoms with Crippen LogP contribution in [0.15, 0.2) is 65.6 Å². The van der Waals surface area contributed by atoms with Gasteiger partial charge < -0.3 is 0 Å². The lowest BCUT2D eigenvalue weighted by Gasteiger charge is -2.16. The van der Waals surface area contributed by atoms with E-state index < -0.39 is 0 Å². The minimum absolute atomic E-state index is 0.495. The van der Waals surface area contributed by atoms with Crippen LogP contribution in [0.4, 0.5) is 0 Å². The number of aromatic nitrogens is 1. The largest absolute Gasteiger partial charge is 0.237 e. The van der Waals surface area contributed by atoms with E-state index in [9.17, 15) is 0 Å². The van der Waals surface area contributed by atoms with Crippen LogP contribution >= 0.6 is 11.3 Å². The van der Waals surface area contributed by atoms with Gasteiger partial charge in [0.15, 0.2) is 0 Å². The minimum Gasteiger partial charge on any atom is -0.237 e. The molecule has 0 bridgehead atoms. The van der Waals surface area contributed by atoms with Crippen molar-refractivity contribution in [2.45, 2.75) is 53.9 Å². The summed E-state index contributed by atoms with van der Waals surface area (Å²) in [6.07, 6.45) is 14.2. The monoisotopic (exact) mass is 379 g/mol. The molecule has 144 valence electrons.